The van der Waals surface area contributed by atoms with Gasteiger partial charge in [0.1, 0.15) is 0 Å². The van der Waals surface area contributed by atoms with Gasteiger partial charge in [0.25, 0.3) is 0 Å². The molecule has 0 aromatic carbocycles. The van der Waals surface area contributed by atoms with Gasteiger partial charge in [0, 0.05) is 0 Å². The molecular weight excluding hydrogens is 250 g/mol. The standard InChI is InChI=1S/C16H35N3O/c1-6-11-18-16(4,15(17)20)10-7-8-12-19(5)13-9-14(2)3/h14,18H,6-13H2,1-5H3,(H2,17,20). The first-order valence-electron chi connectivity index (χ1n) is 8.05. The minimum Gasteiger partial charge on any atom is -0.368 e. The first kappa shape index (κ1) is 19.4. The molecule has 0 fully saturated rings. The van der Waals surface area contributed by atoms with Gasteiger partial charge in [0.2, 0.25) is 5.91 Å². The normalized spacial score (nSPS) is 14.8. The van der Waals surface area contributed by atoms with E-state index in [0.717, 1.165) is 51.2 Å². The largest absolute Gasteiger partial charge is 0.368 e. The van der Waals surface area contributed by atoms with Crippen molar-refractivity contribution in [1.29, 1.82) is 0 Å². The molecule has 3 N–H and O–H groups in total. The van der Waals surface area contributed by atoms with Crippen molar-refractivity contribution in [1.82, 2.24) is 10.2 Å². The van der Waals surface area contributed by atoms with Crippen LogP contribution in [0.25, 0.3) is 0 Å². The van der Waals surface area contributed by atoms with Gasteiger partial charge in [-0.15, -0.1) is 0 Å². The van der Waals surface area contributed by atoms with Gasteiger partial charge in [-0.1, -0.05) is 20.8 Å². The highest BCUT2D eigenvalue weighted by Crippen LogP contribution is 2.14. The van der Waals surface area contributed by atoms with E-state index in [-0.39, 0.29) is 5.91 Å². The smallest absolute Gasteiger partial charge is 0.237 e. The molecule has 1 atom stereocenters. The first-order valence-corrected chi connectivity index (χ1v) is 8.05. The third-order valence-corrected chi connectivity index (χ3v) is 3.86. The first-order chi connectivity index (χ1) is 9.31. The quantitative estimate of drug-likeness (QED) is 0.541. The Labute approximate surface area is 125 Å². The molecule has 0 bridgehead atoms. The topological polar surface area (TPSA) is 58.4 Å². The number of nitrogens with one attached hydrogen (secondary N) is 1. The van der Waals surface area contributed by atoms with E-state index >= 15 is 0 Å². The van der Waals surface area contributed by atoms with Crippen LogP contribution in [-0.4, -0.2) is 43.0 Å². The molecule has 20 heavy (non-hydrogen) atoms. The molecule has 4 nitrogen and oxygen atoms in total. The minimum atomic E-state index is -0.549. The van der Waals surface area contributed by atoms with E-state index in [1.165, 1.54) is 6.42 Å². The Hall–Kier alpha value is -0.610. The fourth-order valence-electron chi connectivity index (χ4n) is 2.15. The highest BCUT2D eigenvalue weighted by molar-refractivity contribution is 5.84. The summed E-state index contributed by atoms with van der Waals surface area (Å²) in [4.78, 5) is 14.0. The van der Waals surface area contributed by atoms with E-state index in [4.69, 9.17) is 5.73 Å². The number of nitrogens with zero attached hydrogens (tertiary/aromatic N) is 1. The zero-order valence-electron chi connectivity index (χ0n) is 14.2. The summed E-state index contributed by atoms with van der Waals surface area (Å²) in [5, 5.41) is 3.29. The number of rotatable bonds is 12. The Balaban J connectivity index is 3.92. The van der Waals surface area contributed by atoms with Crippen molar-refractivity contribution in [2.24, 2.45) is 11.7 Å². The van der Waals surface area contributed by atoms with E-state index < -0.39 is 5.54 Å². The van der Waals surface area contributed by atoms with Gasteiger partial charge >= 0.3 is 0 Å². The number of hydrogen-bond donors (Lipinski definition) is 2. The number of carbonyl (C=O) groups is 1. The predicted molar refractivity (Wildman–Crippen MR) is 86.7 cm³/mol. The summed E-state index contributed by atoms with van der Waals surface area (Å²) in [5.74, 6) is 0.521. The fourth-order valence-corrected chi connectivity index (χ4v) is 2.15. The summed E-state index contributed by atoms with van der Waals surface area (Å²) >= 11 is 0. The molecule has 0 spiro atoms. The molecule has 1 unspecified atom stereocenters. The van der Waals surface area contributed by atoms with Gasteiger partial charge in [-0.2, -0.15) is 0 Å². The molecule has 0 saturated heterocycles. The number of amides is 1. The van der Waals surface area contributed by atoms with Crippen LogP contribution in [0.5, 0.6) is 0 Å². The molecule has 0 rings (SSSR count). The fraction of sp³-hybridized carbons (Fsp3) is 0.938. The molecule has 0 radical (unpaired) electrons. The maximum atomic E-state index is 11.6. The Kier molecular flexibility index (Phi) is 9.86. The van der Waals surface area contributed by atoms with Crippen LogP contribution in [-0.2, 0) is 4.79 Å². The van der Waals surface area contributed by atoms with E-state index in [9.17, 15) is 4.79 Å². The van der Waals surface area contributed by atoms with Crippen LogP contribution in [0.3, 0.4) is 0 Å². The number of carbonyl (C=O) groups excluding carboxylic acids is 1. The van der Waals surface area contributed by atoms with E-state index in [0.29, 0.717) is 0 Å². The van der Waals surface area contributed by atoms with Crippen LogP contribution in [0.4, 0.5) is 0 Å². The molecule has 0 aliphatic rings. The minimum absolute atomic E-state index is 0.237. The van der Waals surface area contributed by atoms with Gasteiger partial charge in [-0.05, 0) is 71.6 Å². The summed E-state index contributed by atoms with van der Waals surface area (Å²) in [6.45, 7) is 11.6. The molecule has 0 aromatic heterocycles. The maximum absolute atomic E-state index is 11.6. The van der Waals surface area contributed by atoms with Crippen LogP contribution < -0.4 is 11.1 Å². The van der Waals surface area contributed by atoms with Crippen LogP contribution in [0, 0.1) is 5.92 Å². The molecular formula is C16H35N3O. The van der Waals surface area contributed by atoms with Crippen molar-refractivity contribution in [3.05, 3.63) is 0 Å². The molecule has 1 amide bonds. The lowest BCUT2D eigenvalue weighted by molar-refractivity contribution is -0.124. The Morgan fingerprint density at radius 3 is 2.45 bits per heavy atom. The van der Waals surface area contributed by atoms with Crippen molar-refractivity contribution in [3.63, 3.8) is 0 Å². The molecule has 0 aliphatic carbocycles. The number of primary amides is 1. The second kappa shape index (κ2) is 10.2. The third kappa shape index (κ3) is 8.54. The van der Waals surface area contributed by atoms with Crippen LogP contribution in [0.1, 0.15) is 59.8 Å². The van der Waals surface area contributed by atoms with Crippen molar-refractivity contribution in [3.8, 4) is 0 Å². The molecule has 0 saturated carbocycles. The maximum Gasteiger partial charge on any atom is 0.237 e. The summed E-state index contributed by atoms with van der Waals surface area (Å²) in [7, 11) is 2.17. The Bertz CT molecular complexity index is 268. The zero-order valence-corrected chi connectivity index (χ0v) is 14.2. The van der Waals surface area contributed by atoms with Gasteiger partial charge in [-0.3, -0.25) is 4.79 Å². The van der Waals surface area contributed by atoms with Crippen molar-refractivity contribution < 1.29 is 4.79 Å². The van der Waals surface area contributed by atoms with E-state index in [1.807, 2.05) is 6.92 Å². The lowest BCUT2D eigenvalue weighted by Crippen LogP contribution is -2.53. The lowest BCUT2D eigenvalue weighted by atomic mass is 9.93. The van der Waals surface area contributed by atoms with Gasteiger partial charge in [-0.25, -0.2) is 0 Å². The lowest BCUT2D eigenvalue weighted by Gasteiger charge is -2.28. The highest BCUT2D eigenvalue weighted by Gasteiger charge is 2.29. The molecule has 0 aliphatic heterocycles. The second-order valence-corrected chi connectivity index (χ2v) is 6.57. The summed E-state index contributed by atoms with van der Waals surface area (Å²) in [6.07, 6.45) is 5.22. The van der Waals surface area contributed by atoms with Crippen LogP contribution >= 0.6 is 0 Å². The highest BCUT2D eigenvalue weighted by atomic mass is 16.1. The van der Waals surface area contributed by atoms with Gasteiger partial charge in [0.15, 0.2) is 0 Å². The predicted octanol–water partition coefficient (Wildman–Crippen LogP) is 2.38. The van der Waals surface area contributed by atoms with E-state index in [2.05, 4.69) is 38.0 Å². The molecule has 4 heteroatoms. The Morgan fingerprint density at radius 2 is 1.95 bits per heavy atom. The molecule has 0 heterocycles. The summed E-state index contributed by atoms with van der Waals surface area (Å²) < 4.78 is 0. The van der Waals surface area contributed by atoms with Crippen molar-refractivity contribution >= 4 is 5.91 Å². The zero-order chi connectivity index (χ0) is 15.6. The average Bonchev–Trinajstić information content (AvgIpc) is 2.38. The van der Waals surface area contributed by atoms with Crippen LogP contribution in [0.15, 0.2) is 0 Å². The summed E-state index contributed by atoms with van der Waals surface area (Å²) in [5.41, 5.74) is 4.97. The Morgan fingerprint density at radius 1 is 1.30 bits per heavy atom. The monoisotopic (exact) mass is 285 g/mol. The van der Waals surface area contributed by atoms with Crippen molar-refractivity contribution in [2.45, 2.75) is 65.3 Å². The average molecular weight is 285 g/mol. The molecule has 0 aromatic rings. The number of nitrogens with two attached hydrogens (primary N) is 1. The van der Waals surface area contributed by atoms with Gasteiger partial charge in [0.05, 0.1) is 5.54 Å². The van der Waals surface area contributed by atoms with E-state index in [1.54, 1.807) is 0 Å². The number of hydrogen-bond acceptors (Lipinski definition) is 3. The van der Waals surface area contributed by atoms with Crippen molar-refractivity contribution in [2.75, 3.05) is 26.7 Å². The number of unbranched alkanes of at least 4 members (excludes halogenated alkanes) is 1. The van der Waals surface area contributed by atoms with Crippen LogP contribution in [0.2, 0.25) is 0 Å². The third-order valence-electron chi connectivity index (χ3n) is 3.86. The van der Waals surface area contributed by atoms with Gasteiger partial charge < -0.3 is 16.0 Å². The second-order valence-electron chi connectivity index (χ2n) is 6.57. The molecule has 120 valence electrons. The SMILES string of the molecule is CCCNC(C)(CCCCN(C)CCC(C)C)C(N)=O. The summed E-state index contributed by atoms with van der Waals surface area (Å²) in [6, 6.07) is 0.